The van der Waals surface area contributed by atoms with Gasteiger partial charge in [-0.05, 0) is 31.0 Å². The van der Waals surface area contributed by atoms with Gasteiger partial charge < -0.3 is 15.7 Å². The quantitative estimate of drug-likeness (QED) is 0.770. The fraction of sp³-hybridized carbons (Fsp3) is 0.333. The number of rotatable bonds is 4. The number of aryl methyl sites for hydroxylation is 1. The fourth-order valence-electron chi connectivity index (χ4n) is 1.33. The Balaban J connectivity index is 2.64. The largest absolute Gasteiger partial charge is 0.480 e. The Morgan fingerprint density at radius 2 is 2.11 bits per heavy atom. The zero-order valence-electron chi connectivity index (χ0n) is 10.2. The van der Waals surface area contributed by atoms with E-state index in [1.807, 2.05) is 0 Å². The predicted molar refractivity (Wildman–Crippen MR) is 65.0 cm³/mol. The Labute approximate surface area is 104 Å². The number of carbonyl (C=O) groups is 2. The maximum Gasteiger partial charge on any atom is 0.326 e. The standard InChI is InChI=1S/C12H15FN2O3/c1-3-10(11(16)17)15-12(18)14-8-5-4-7(2)9(13)6-8/h4-6,10H,3H2,1-2H3,(H,16,17)(H2,14,15,18)/t10-/m0/s1. The highest BCUT2D eigenvalue weighted by atomic mass is 19.1. The van der Waals surface area contributed by atoms with Crippen LogP contribution in [0.15, 0.2) is 18.2 Å². The van der Waals surface area contributed by atoms with E-state index in [0.717, 1.165) is 0 Å². The molecule has 0 fully saturated rings. The number of urea groups is 1. The van der Waals surface area contributed by atoms with E-state index in [9.17, 15) is 14.0 Å². The van der Waals surface area contributed by atoms with Gasteiger partial charge in [0.2, 0.25) is 0 Å². The Kier molecular flexibility index (Phi) is 4.65. The topological polar surface area (TPSA) is 78.4 Å². The number of carboxylic acid groups (broad SMARTS) is 1. The van der Waals surface area contributed by atoms with Gasteiger partial charge >= 0.3 is 12.0 Å². The molecular weight excluding hydrogens is 239 g/mol. The number of benzene rings is 1. The molecule has 98 valence electrons. The summed E-state index contributed by atoms with van der Waals surface area (Å²) in [6.45, 7) is 3.25. The van der Waals surface area contributed by atoms with E-state index in [2.05, 4.69) is 10.6 Å². The number of halogens is 1. The highest BCUT2D eigenvalue weighted by Gasteiger charge is 2.17. The minimum Gasteiger partial charge on any atom is -0.480 e. The molecule has 0 aliphatic carbocycles. The smallest absolute Gasteiger partial charge is 0.326 e. The molecule has 0 heterocycles. The number of nitrogens with one attached hydrogen (secondary N) is 2. The van der Waals surface area contributed by atoms with E-state index in [-0.39, 0.29) is 12.1 Å². The highest BCUT2D eigenvalue weighted by Crippen LogP contribution is 2.13. The van der Waals surface area contributed by atoms with Gasteiger partial charge in [-0.1, -0.05) is 13.0 Å². The zero-order chi connectivity index (χ0) is 13.7. The van der Waals surface area contributed by atoms with Crippen molar-refractivity contribution in [2.24, 2.45) is 0 Å². The summed E-state index contributed by atoms with van der Waals surface area (Å²) < 4.78 is 13.2. The van der Waals surface area contributed by atoms with Crippen molar-refractivity contribution in [3.63, 3.8) is 0 Å². The molecule has 0 aliphatic heterocycles. The molecule has 0 saturated carbocycles. The number of carboxylic acids is 1. The number of hydrogen-bond acceptors (Lipinski definition) is 2. The third-order valence-electron chi connectivity index (χ3n) is 2.44. The minimum atomic E-state index is -1.11. The van der Waals surface area contributed by atoms with Crippen molar-refractivity contribution in [3.05, 3.63) is 29.6 Å². The Hall–Kier alpha value is -2.11. The van der Waals surface area contributed by atoms with Gasteiger partial charge in [-0.15, -0.1) is 0 Å². The van der Waals surface area contributed by atoms with Crippen LogP contribution in [0.3, 0.4) is 0 Å². The first-order chi connectivity index (χ1) is 8.43. The lowest BCUT2D eigenvalue weighted by Gasteiger charge is -2.13. The molecule has 3 N–H and O–H groups in total. The number of hydrogen-bond donors (Lipinski definition) is 3. The van der Waals surface area contributed by atoms with Crippen LogP contribution in [0.25, 0.3) is 0 Å². The summed E-state index contributed by atoms with van der Waals surface area (Å²) in [7, 11) is 0. The molecule has 0 aromatic heterocycles. The van der Waals surface area contributed by atoms with E-state index >= 15 is 0 Å². The third kappa shape index (κ3) is 3.73. The average molecular weight is 254 g/mol. The van der Waals surface area contributed by atoms with E-state index in [1.54, 1.807) is 19.9 Å². The lowest BCUT2D eigenvalue weighted by Crippen LogP contribution is -2.42. The van der Waals surface area contributed by atoms with Gasteiger partial charge in [-0.25, -0.2) is 14.0 Å². The van der Waals surface area contributed by atoms with E-state index in [1.165, 1.54) is 12.1 Å². The van der Waals surface area contributed by atoms with Gasteiger partial charge in [0.25, 0.3) is 0 Å². The summed E-state index contributed by atoms with van der Waals surface area (Å²) in [5, 5.41) is 13.4. The molecule has 1 aromatic rings. The summed E-state index contributed by atoms with van der Waals surface area (Å²) in [6, 6.07) is 2.61. The number of anilines is 1. The first kappa shape index (κ1) is 14.0. The molecule has 6 heteroatoms. The van der Waals surface area contributed by atoms with Crippen molar-refractivity contribution in [2.75, 3.05) is 5.32 Å². The SMILES string of the molecule is CC[C@H](NC(=O)Nc1ccc(C)c(F)c1)C(=O)O. The molecular formula is C12H15FN2O3. The Morgan fingerprint density at radius 1 is 1.44 bits per heavy atom. The van der Waals surface area contributed by atoms with Crippen LogP contribution in [0.1, 0.15) is 18.9 Å². The Bertz CT molecular complexity index is 463. The first-order valence-electron chi connectivity index (χ1n) is 5.50. The molecule has 2 amide bonds. The van der Waals surface area contributed by atoms with Crippen LogP contribution in [0.4, 0.5) is 14.9 Å². The number of aliphatic carboxylic acids is 1. The van der Waals surface area contributed by atoms with Crippen LogP contribution in [0.2, 0.25) is 0 Å². The van der Waals surface area contributed by atoms with E-state index in [4.69, 9.17) is 5.11 Å². The lowest BCUT2D eigenvalue weighted by atomic mass is 10.2. The van der Waals surface area contributed by atoms with Crippen molar-refractivity contribution >= 4 is 17.7 Å². The highest BCUT2D eigenvalue weighted by molar-refractivity contribution is 5.92. The molecule has 1 rings (SSSR count). The van der Waals surface area contributed by atoms with Gasteiger partial charge in [0.15, 0.2) is 0 Å². The summed E-state index contributed by atoms with van der Waals surface area (Å²) >= 11 is 0. The first-order valence-corrected chi connectivity index (χ1v) is 5.50. The molecule has 1 aromatic carbocycles. The Morgan fingerprint density at radius 3 is 2.61 bits per heavy atom. The van der Waals surface area contributed by atoms with Crippen molar-refractivity contribution in [1.29, 1.82) is 0 Å². The molecule has 0 saturated heterocycles. The summed E-state index contributed by atoms with van der Waals surface area (Å²) in [4.78, 5) is 22.2. The second kappa shape index (κ2) is 6.00. The summed E-state index contributed by atoms with van der Waals surface area (Å²) in [5.74, 6) is -1.54. The maximum absolute atomic E-state index is 13.2. The summed E-state index contributed by atoms with van der Waals surface area (Å²) in [6.07, 6.45) is 0.269. The van der Waals surface area contributed by atoms with Crippen molar-refractivity contribution < 1.29 is 19.1 Å². The number of carbonyl (C=O) groups excluding carboxylic acids is 1. The van der Waals surface area contributed by atoms with Crippen LogP contribution in [0, 0.1) is 12.7 Å². The molecule has 0 bridgehead atoms. The van der Waals surface area contributed by atoms with Gasteiger partial charge in [0.05, 0.1) is 0 Å². The van der Waals surface area contributed by atoms with Crippen LogP contribution >= 0.6 is 0 Å². The van der Waals surface area contributed by atoms with Crippen LogP contribution in [-0.4, -0.2) is 23.1 Å². The van der Waals surface area contributed by atoms with Gasteiger partial charge in [0, 0.05) is 5.69 Å². The van der Waals surface area contributed by atoms with Crippen LogP contribution in [-0.2, 0) is 4.79 Å². The minimum absolute atomic E-state index is 0.269. The van der Waals surface area contributed by atoms with E-state index in [0.29, 0.717) is 5.56 Å². The van der Waals surface area contributed by atoms with E-state index < -0.39 is 23.9 Å². The molecule has 5 nitrogen and oxygen atoms in total. The van der Waals surface area contributed by atoms with Crippen molar-refractivity contribution in [2.45, 2.75) is 26.3 Å². The molecule has 18 heavy (non-hydrogen) atoms. The molecule has 0 unspecified atom stereocenters. The zero-order valence-corrected chi connectivity index (χ0v) is 10.2. The second-order valence-corrected chi connectivity index (χ2v) is 3.86. The monoisotopic (exact) mass is 254 g/mol. The molecule has 0 radical (unpaired) electrons. The van der Waals surface area contributed by atoms with Gasteiger partial charge in [-0.2, -0.15) is 0 Å². The normalized spacial score (nSPS) is 11.7. The predicted octanol–water partition coefficient (Wildman–Crippen LogP) is 2.12. The van der Waals surface area contributed by atoms with Crippen LogP contribution in [0.5, 0.6) is 0 Å². The lowest BCUT2D eigenvalue weighted by molar-refractivity contribution is -0.139. The molecule has 1 atom stereocenters. The molecule has 0 aliphatic rings. The van der Waals surface area contributed by atoms with Crippen molar-refractivity contribution in [3.8, 4) is 0 Å². The fourth-order valence-corrected chi connectivity index (χ4v) is 1.33. The average Bonchev–Trinajstić information content (AvgIpc) is 2.30. The van der Waals surface area contributed by atoms with Gasteiger partial charge in [-0.3, -0.25) is 0 Å². The summed E-state index contributed by atoms with van der Waals surface area (Å²) in [5.41, 5.74) is 0.744. The maximum atomic E-state index is 13.2. The third-order valence-corrected chi connectivity index (χ3v) is 2.44. The van der Waals surface area contributed by atoms with Gasteiger partial charge in [0.1, 0.15) is 11.9 Å². The number of amides is 2. The van der Waals surface area contributed by atoms with Crippen LogP contribution < -0.4 is 10.6 Å². The molecule has 0 spiro atoms. The second-order valence-electron chi connectivity index (χ2n) is 3.86. The van der Waals surface area contributed by atoms with Crippen molar-refractivity contribution in [1.82, 2.24) is 5.32 Å².